The van der Waals surface area contributed by atoms with E-state index in [4.69, 9.17) is 0 Å². The summed E-state index contributed by atoms with van der Waals surface area (Å²) in [6.45, 7) is 0. The topological polar surface area (TPSA) is 17.1 Å². The van der Waals surface area contributed by atoms with Gasteiger partial charge in [-0.15, -0.1) is 0 Å². The first kappa shape index (κ1) is 9.97. The van der Waals surface area contributed by atoms with E-state index in [-0.39, 0.29) is 22.4 Å². The largest absolute Gasteiger partial charge is 1.00 e. The third kappa shape index (κ3) is 25.3. The van der Waals surface area contributed by atoms with Crippen LogP contribution in [0.2, 0.25) is 0 Å². The Morgan fingerprint density at radius 3 is 1.40 bits per heavy atom. The van der Waals surface area contributed by atoms with Crippen molar-refractivity contribution in [3.05, 3.63) is 0 Å². The summed E-state index contributed by atoms with van der Waals surface area (Å²) in [5.41, 5.74) is 0. The van der Waals surface area contributed by atoms with Crippen LogP contribution in [0.5, 0.6) is 0 Å². The van der Waals surface area contributed by atoms with Gasteiger partial charge in [-0.25, -0.2) is 4.21 Å². The Hall–Kier alpha value is 1.85. The average Bonchev–Trinajstić information content (AvgIpc) is 0.811. The molecule has 0 unspecified atom stereocenters. The van der Waals surface area contributed by atoms with Gasteiger partial charge in [0.15, 0.2) is 7.67 Å². The summed E-state index contributed by atoms with van der Waals surface area (Å²) < 4.78 is 9.39. The Kier molecular flexibility index (Phi) is 11.7. The molecule has 0 spiro atoms. The average molecular weight is 405 g/mol. The van der Waals surface area contributed by atoms with Crippen molar-refractivity contribution in [2.75, 3.05) is 0 Å². The van der Waals surface area contributed by atoms with Crippen LogP contribution >= 0.6 is 29.6 Å². The van der Waals surface area contributed by atoms with Crippen LogP contribution in [-0.2, 0) is 30.0 Å². The molecule has 0 atom stereocenters. The van der Waals surface area contributed by atoms with E-state index < -0.39 is 7.67 Å². The molecular formula is AuBr2OS+. The quantitative estimate of drug-likeness (QED) is 0.440. The Labute approximate surface area is 63.3 Å². The second-order valence-corrected chi connectivity index (χ2v) is 6.69. The van der Waals surface area contributed by atoms with Crippen molar-refractivity contribution in [2.24, 2.45) is 0 Å². The molecule has 0 saturated carbocycles. The van der Waals surface area contributed by atoms with Crippen molar-refractivity contribution in [3.63, 3.8) is 0 Å². The minimum Gasteiger partial charge on any atom is -0.235 e. The Morgan fingerprint density at radius 2 is 1.40 bits per heavy atom. The van der Waals surface area contributed by atoms with Crippen LogP contribution in [0.4, 0.5) is 0 Å². The third-order valence-corrected chi connectivity index (χ3v) is 0. The predicted molar refractivity (Wildman–Crippen MR) is 26.0 cm³/mol. The van der Waals surface area contributed by atoms with Gasteiger partial charge in [-0.05, 0) is 0 Å². The molecule has 1 nitrogen and oxygen atoms in total. The van der Waals surface area contributed by atoms with E-state index in [2.05, 4.69) is 29.6 Å². The van der Waals surface area contributed by atoms with E-state index in [1.165, 1.54) is 0 Å². The Morgan fingerprint density at radius 1 is 1.40 bits per heavy atom. The molecule has 0 radical (unpaired) electrons. The van der Waals surface area contributed by atoms with E-state index in [0.717, 1.165) is 0 Å². The van der Waals surface area contributed by atoms with Crippen molar-refractivity contribution in [3.8, 4) is 0 Å². The van der Waals surface area contributed by atoms with Gasteiger partial charge in [0.25, 0.3) is 0 Å². The number of rotatable bonds is 0. The van der Waals surface area contributed by atoms with Gasteiger partial charge in [-0.2, -0.15) is 0 Å². The maximum absolute atomic E-state index is 9.39. The first-order valence-corrected chi connectivity index (χ1v) is 5.31. The first-order valence-electron chi connectivity index (χ1n) is 0.475. The van der Waals surface area contributed by atoms with Crippen molar-refractivity contribution in [1.82, 2.24) is 0 Å². The van der Waals surface area contributed by atoms with E-state index in [9.17, 15) is 4.21 Å². The van der Waals surface area contributed by atoms with Crippen LogP contribution in [0.1, 0.15) is 0 Å². The minimum atomic E-state index is -0.986. The zero-order valence-corrected chi connectivity index (χ0v) is 8.03. The molecule has 0 N–H and O–H groups in total. The van der Waals surface area contributed by atoms with Gasteiger partial charge in [0.1, 0.15) is 0 Å². The van der Waals surface area contributed by atoms with Gasteiger partial charge in [0, 0.05) is 29.6 Å². The zero-order chi connectivity index (χ0) is 3.58. The summed E-state index contributed by atoms with van der Waals surface area (Å²) in [7, 11) is -0.986. The SMILES string of the molecule is O=S(Br)Br.[Au+]. The molecule has 0 heterocycles. The van der Waals surface area contributed by atoms with E-state index in [0.29, 0.717) is 0 Å². The smallest absolute Gasteiger partial charge is 0.235 e. The third-order valence-electron chi connectivity index (χ3n) is 0. The molecule has 0 bridgehead atoms. The maximum atomic E-state index is 9.39. The number of hydrogen-bond acceptors (Lipinski definition) is 1. The van der Waals surface area contributed by atoms with Crippen LogP contribution in [0.25, 0.3) is 0 Å². The number of hydrogen-bond donors (Lipinski definition) is 0. The molecule has 0 aromatic heterocycles. The van der Waals surface area contributed by atoms with Crippen LogP contribution in [0.3, 0.4) is 0 Å². The molecule has 0 fully saturated rings. The molecule has 0 aliphatic heterocycles. The Balaban J connectivity index is 0. The maximum Gasteiger partial charge on any atom is 1.00 e. The second-order valence-electron chi connectivity index (χ2n) is 0.184. The molecule has 0 aromatic rings. The van der Waals surface area contributed by atoms with Gasteiger partial charge in [-0.3, -0.25) is 0 Å². The normalized spacial score (nSPS) is 7.00. The van der Waals surface area contributed by atoms with E-state index >= 15 is 0 Å². The van der Waals surface area contributed by atoms with Crippen LogP contribution in [-0.4, -0.2) is 4.21 Å². The standard InChI is InChI=1S/Au.Br2OS/c;1-4(2)3/q+1;. The van der Waals surface area contributed by atoms with Crippen molar-refractivity contribution in [2.45, 2.75) is 0 Å². The summed E-state index contributed by atoms with van der Waals surface area (Å²) in [6, 6.07) is 0. The summed E-state index contributed by atoms with van der Waals surface area (Å²) in [4.78, 5) is 0. The van der Waals surface area contributed by atoms with Crippen LogP contribution < -0.4 is 0 Å². The fourth-order valence-electron chi connectivity index (χ4n) is 0. The summed E-state index contributed by atoms with van der Waals surface area (Å²) >= 11 is 5.32. The summed E-state index contributed by atoms with van der Waals surface area (Å²) in [5, 5.41) is 0. The monoisotopic (exact) mass is 403 g/mol. The molecule has 0 aliphatic rings. The molecular weight excluding hydrogens is 405 g/mol. The van der Waals surface area contributed by atoms with Gasteiger partial charge < -0.3 is 0 Å². The fourth-order valence-corrected chi connectivity index (χ4v) is 0. The molecule has 0 saturated heterocycles. The van der Waals surface area contributed by atoms with E-state index in [1.807, 2.05) is 0 Å². The molecule has 5 heteroatoms. The molecule has 0 aromatic carbocycles. The van der Waals surface area contributed by atoms with Crippen LogP contribution in [0, 0.1) is 0 Å². The summed E-state index contributed by atoms with van der Waals surface area (Å²) in [6.07, 6.45) is 0. The Bertz CT molecular complexity index is 32.6. The van der Waals surface area contributed by atoms with Crippen molar-refractivity contribution in [1.29, 1.82) is 0 Å². The predicted octanol–water partition coefficient (Wildman–Crippen LogP) is 1.35. The summed E-state index contributed by atoms with van der Waals surface area (Å²) in [5.74, 6) is 0. The second kappa shape index (κ2) is 5.85. The van der Waals surface area contributed by atoms with Gasteiger partial charge in [0.2, 0.25) is 0 Å². The van der Waals surface area contributed by atoms with Crippen molar-refractivity contribution < 1.29 is 26.6 Å². The van der Waals surface area contributed by atoms with Crippen molar-refractivity contribution >= 4 is 37.3 Å². The molecule has 0 aliphatic carbocycles. The molecule has 5 heavy (non-hydrogen) atoms. The first-order chi connectivity index (χ1) is 1.73. The van der Waals surface area contributed by atoms with Crippen LogP contribution in [0.15, 0.2) is 0 Å². The zero-order valence-electron chi connectivity index (χ0n) is 1.87. The van der Waals surface area contributed by atoms with Gasteiger partial charge in [0.05, 0.1) is 0 Å². The fraction of sp³-hybridized carbons (Fsp3) is 0. The molecule has 0 rings (SSSR count). The van der Waals surface area contributed by atoms with Gasteiger partial charge >= 0.3 is 22.4 Å². The van der Waals surface area contributed by atoms with Gasteiger partial charge in [-0.1, -0.05) is 0 Å². The number of halogens is 2. The van der Waals surface area contributed by atoms with E-state index in [1.54, 1.807) is 0 Å². The minimum absolute atomic E-state index is 0. The molecule has 36 valence electrons. The molecule has 0 amide bonds.